The van der Waals surface area contributed by atoms with E-state index in [1.54, 1.807) is 20.8 Å². The van der Waals surface area contributed by atoms with Crippen molar-refractivity contribution in [2.75, 3.05) is 0 Å². The lowest BCUT2D eigenvalue weighted by Crippen LogP contribution is -2.58. The number of aromatic nitrogens is 2. The number of ether oxygens (including phenoxy) is 1. The van der Waals surface area contributed by atoms with Crippen LogP contribution < -0.4 is 21.3 Å². The second kappa shape index (κ2) is 23.3. The van der Waals surface area contributed by atoms with E-state index < -0.39 is 65.6 Å². The highest BCUT2D eigenvalue weighted by Crippen LogP contribution is 2.26. The van der Waals surface area contributed by atoms with Crippen LogP contribution in [-0.4, -0.2) is 80.5 Å². The van der Waals surface area contributed by atoms with Crippen LogP contribution in [0.25, 0.3) is 0 Å². The summed E-state index contributed by atoms with van der Waals surface area (Å²) < 4.78 is 5.45. The van der Waals surface area contributed by atoms with Gasteiger partial charge in [0.15, 0.2) is 5.78 Å². The number of aliphatic hydroxyl groups excluding tert-OH is 1. The number of alkyl carbamates (subject to hydrolysis) is 1. The number of Topliss-reactive ketones (excluding diaryl/α,β-unsaturated/α-hetero) is 1. The van der Waals surface area contributed by atoms with Gasteiger partial charge in [0.1, 0.15) is 17.7 Å². The molecule has 0 aliphatic heterocycles. The number of amides is 4. The molecule has 13 heteroatoms. The highest BCUT2D eigenvalue weighted by Gasteiger charge is 2.34. The standard InChI is InChI=1S/C48H64N6O7/c1-31(2)23-38(42(55)28-43(56)51-39(24-32(3)4)44(57)37(35-21-15-10-16-22-35)25-33-17-11-8-12-18-33)52-46(59)41(27-36-29-49-30-50-36)53-45(58)40(26-34-19-13-9-14-20-34)54-47(60)61-48(5,6)7/h8-22,29-32,37-42,55H,23-28H2,1-7H3,(H,49,50)(H,51,56)(H,52,59)(H,53,58)(H,54,60)/t37?,38-,39-,40-,41-,42-/m0/s1. The van der Waals surface area contributed by atoms with Crippen LogP contribution in [0, 0.1) is 11.8 Å². The molecule has 4 aromatic rings. The van der Waals surface area contributed by atoms with Gasteiger partial charge in [-0.15, -0.1) is 0 Å². The fourth-order valence-corrected chi connectivity index (χ4v) is 7.17. The lowest BCUT2D eigenvalue weighted by atomic mass is 9.83. The molecule has 4 rings (SSSR count). The number of benzene rings is 3. The molecule has 61 heavy (non-hydrogen) atoms. The average molecular weight is 837 g/mol. The highest BCUT2D eigenvalue weighted by molar-refractivity contribution is 5.94. The first-order valence-corrected chi connectivity index (χ1v) is 21.2. The van der Waals surface area contributed by atoms with Crippen LogP contribution in [0.4, 0.5) is 4.79 Å². The SMILES string of the molecule is CC(C)C[C@H](NC(=O)C[C@H](O)[C@H](CC(C)C)NC(=O)[C@H](Cc1cnc[nH]1)NC(=O)[C@H](Cc1ccccc1)NC(=O)OC(C)(C)C)C(=O)C(Cc1ccccc1)c1ccccc1. The molecule has 0 bridgehead atoms. The van der Waals surface area contributed by atoms with Crippen molar-refractivity contribution in [3.05, 3.63) is 126 Å². The van der Waals surface area contributed by atoms with Crippen LogP contribution in [0.15, 0.2) is 104 Å². The molecule has 0 aliphatic carbocycles. The predicted octanol–water partition coefficient (Wildman–Crippen LogP) is 5.98. The Morgan fingerprint density at radius 1 is 0.672 bits per heavy atom. The van der Waals surface area contributed by atoms with Crippen molar-refractivity contribution >= 4 is 29.6 Å². The minimum Gasteiger partial charge on any atom is -0.444 e. The first-order valence-electron chi connectivity index (χ1n) is 21.2. The van der Waals surface area contributed by atoms with Crippen molar-refractivity contribution in [3.63, 3.8) is 0 Å². The summed E-state index contributed by atoms with van der Waals surface area (Å²) >= 11 is 0. The average Bonchev–Trinajstić information content (AvgIpc) is 3.72. The van der Waals surface area contributed by atoms with Crippen molar-refractivity contribution < 1.29 is 33.8 Å². The van der Waals surface area contributed by atoms with E-state index in [0.717, 1.165) is 16.7 Å². The maximum absolute atomic E-state index is 14.4. The van der Waals surface area contributed by atoms with Gasteiger partial charge in [-0.2, -0.15) is 0 Å². The van der Waals surface area contributed by atoms with Crippen LogP contribution in [0.1, 0.15) is 96.0 Å². The van der Waals surface area contributed by atoms with Gasteiger partial charge in [-0.05, 0) is 68.6 Å². The van der Waals surface area contributed by atoms with Gasteiger partial charge in [0, 0.05) is 30.7 Å². The predicted molar refractivity (Wildman–Crippen MR) is 235 cm³/mol. The highest BCUT2D eigenvalue weighted by atomic mass is 16.6. The Balaban J connectivity index is 1.52. The fraction of sp³-hybridized carbons (Fsp3) is 0.458. The van der Waals surface area contributed by atoms with Gasteiger partial charge in [-0.25, -0.2) is 9.78 Å². The summed E-state index contributed by atoms with van der Waals surface area (Å²) in [5.74, 6) is -2.33. The van der Waals surface area contributed by atoms with E-state index >= 15 is 0 Å². The lowest BCUT2D eigenvalue weighted by molar-refractivity contribution is -0.132. The van der Waals surface area contributed by atoms with E-state index in [2.05, 4.69) is 31.2 Å². The minimum absolute atomic E-state index is 0.00294. The van der Waals surface area contributed by atoms with E-state index in [0.29, 0.717) is 25.0 Å². The number of nitrogens with zero attached hydrogens (tertiary/aromatic N) is 1. The van der Waals surface area contributed by atoms with Crippen molar-refractivity contribution in [1.82, 2.24) is 31.2 Å². The van der Waals surface area contributed by atoms with E-state index in [1.807, 2.05) is 119 Å². The number of hydrogen-bond acceptors (Lipinski definition) is 8. The summed E-state index contributed by atoms with van der Waals surface area (Å²) in [6.45, 7) is 13.0. The Bertz CT molecular complexity index is 1970. The molecule has 4 amide bonds. The van der Waals surface area contributed by atoms with Crippen LogP contribution in [0.3, 0.4) is 0 Å². The lowest BCUT2D eigenvalue weighted by Gasteiger charge is -2.30. The Morgan fingerprint density at radius 2 is 1.21 bits per heavy atom. The van der Waals surface area contributed by atoms with E-state index in [-0.39, 0.29) is 36.9 Å². The molecule has 0 radical (unpaired) electrons. The van der Waals surface area contributed by atoms with Crippen molar-refractivity contribution in [2.24, 2.45) is 11.8 Å². The number of carbonyl (C=O) groups excluding carboxylic acids is 5. The molecule has 1 aromatic heterocycles. The van der Waals surface area contributed by atoms with Crippen LogP contribution >= 0.6 is 0 Å². The molecule has 1 heterocycles. The van der Waals surface area contributed by atoms with Crippen LogP contribution in [0.5, 0.6) is 0 Å². The maximum atomic E-state index is 14.4. The zero-order valence-corrected chi connectivity index (χ0v) is 36.5. The molecule has 3 aromatic carbocycles. The van der Waals surface area contributed by atoms with Crippen LogP contribution in [0.2, 0.25) is 0 Å². The third-order valence-corrected chi connectivity index (χ3v) is 10.0. The smallest absolute Gasteiger partial charge is 0.408 e. The van der Waals surface area contributed by atoms with Gasteiger partial charge in [0.25, 0.3) is 0 Å². The quantitative estimate of drug-likeness (QED) is 0.0557. The Morgan fingerprint density at radius 3 is 1.75 bits per heavy atom. The maximum Gasteiger partial charge on any atom is 0.408 e. The van der Waals surface area contributed by atoms with Gasteiger partial charge in [0.05, 0.1) is 30.9 Å². The zero-order valence-electron chi connectivity index (χ0n) is 36.5. The number of rotatable bonds is 22. The number of hydrogen-bond donors (Lipinski definition) is 6. The number of nitrogens with one attached hydrogen (secondary N) is 5. The molecule has 6 atom stereocenters. The topological polar surface area (TPSA) is 192 Å². The summed E-state index contributed by atoms with van der Waals surface area (Å²) in [5, 5.41) is 23.0. The monoisotopic (exact) mass is 836 g/mol. The molecule has 0 saturated carbocycles. The molecular formula is C48H64N6O7. The van der Waals surface area contributed by atoms with E-state index in [9.17, 15) is 29.1 Å². The second-order valence-electron chi connectivity index (χ2n) is 17.6. The molecule has 1 unspecified atom stereocenters. The summed E-state index contributed by atoms with van der Waals surface area (Å²) in [4.78, 5) is 76.3. The van der Waals surface area contributed by atoms with Gasteiger partial charge >= 0.3 is 6.09 Å². The molecule has 13 nitrogen and oxygen atoms in total. The molecule has 0 saturated heterocycles. The van der Waals surface area contributed by atoms with Crippen LogP contribution in [-0.2, 0) is 43.2 Å². The number of H-pyrrole nitrogens is 1. The fourth-order valence-electron chi connectivity index (χ4n) is 7.17. The Labute approximate surface area is 360 Å². The summed E-state index contributed by atoms with van der Waals surface area (Å²) in [6.07, 6.45) is 1.78. The zero-order chi connectivity index (χ0) is 44.5. The molecule has 6 N–H and O–H groups in total. The first-order chi connectivity index (χ1) is 29.0. The first kappa shape index (κ1) is 47.9. The number of aromatic amines is 1. The van der Waals surface area contributed by atoms with E-state index in [1.165, 1.54) is 12.5 Å². The van der Waals surface area contributed by atoms with E-state index in [4.69, 9.17) is 4.74 Å². The van der Waals surface area contributed by atoms with Crippen molar-refractivity contribution in [3.8, 4) is 0 Å². The third kappa shape index (κ3) is 16.6. The largest absolute Gasteiger partial charge is 0.444 e. The molecule has 0 spiro atoms. The molecule has 0 fully saturated rings. The van der Waals surface area contributed by atoms with Gasteiger partial charge in [-0.3, -0.25) is 19.2 Å². The van der Waals surface area contributed by atoms with Crippen molar-refractivity contribution in [1.29, 1.82) is 0 Å². The summed E-state index contributed by atoms with van der Waals surface area (Å²) in [7, 11) is 0. The third-order valence-electron chi connectivity index (χ3n) is 10.0. The molecular weight excluding hydrogens is 773 g/mol. The number of imidazole rings is 1. The minimum atomic E-state index is -1.33. The van der Waals surface area contributed by atoms with Gasteiger partial charge in [0.2, 0.25) is 17.7 Å². The normalized spacial score (nSPS) is 14.5. The number of ketones is 1. The summed E-state index contributed by atoms with van der Waals surface area (Å²) in [6, 6.07) is 24.4. The molecule has 328 valence electrons. The number of aliphatic hydroxyl groups is 1. The Hall–Kier alpha value is -5.82. The summed E-state index contributed by atoms with van der Waals surface area (Å²) in [5.41, 5.74) is 2.36. The number of carbonyl (C=O) groups is 5. The van der Waals surface area contributed by atoms with Crippen molar-refractivity contribution in [2.45, 2.75) is 129 Å². The molecule has 0 aliphatic rings. The Kier molecular flexibility index (Phi) is 18.2. The second-order valence-corrected chi connectivity index (χ2v) is 17.6. The van der Waals surface area contributed by atoms with Gasteiger partial charge < -0.3 is 36.1 Å². The van der Waals surface area contributed by atoms with Gasteiger partial charge in [-0.1, -0.05) is 119 Å².